The first-order chi connectivity index (χ1) is 12.2. The van der Waals surface area contributed by atoms with Gasteiger partial charge in [0.25, 0.3) is 5.69 Å². The molecule has 0 radical (unpaired) electrons. The Bertz CT molecular complexity index is 888. The number of rotatable bonds is 6. The summed E-state index contributed by atoms with van der Waals surface area (Å²) in [7, 11) is 0. The van der Waals surface area contributed by atoms with Crippen molar-refractivity contribution in [1.29, 1.82) is 0 Å². The predicted molar refractivity (Wildman–Crippen MR) is 88.2 cm³/mol. The number of aromatic nitrogens is 2. The minimum absolute atomic E-state index is 0.122. The molecule has 0 aliphatic heterocycles. The summed E-state index contributed by atoms with van der Waals surface area (Å²) in [4.78, 5) is 36.9. The minimum atomic E-state index is -0.975. The van der Waals surface area contributed by atoms with E-state index in [0.29, 0.717) is 11.3 Å². The quantitative estimate of drug-likeness (QED) is 0.264. The lowest BCUT2D eigenvalue weighted by molar-refractivity contribution is -0.389. The number of carbonyl (C=O) groups excluding carboxylic acids is 1. The fraction of sp³-hybridized carbons (Fsp3) is 0.214. The van der Waals surface area contributed by atoms with Gasteiger partial charge in [-0.05, 0) is 30.9 Å². The normalized spacial score (nSPS) is 12.5. The molecule has 1 unspecified atom stereocenters. The monoisotopic (exact) mass is 362 g/mol. The molecule has 0 bridgehead atoms. The molecule has 0 fully saturated rings. The van der Waals surface area contributed by atoms with E-state index in [0.717, 1.165) is 4.68 Å². The molecule has 12 heteroatoms. The van der Waals surface area contributed by atoms with Crippen molar-refractivity contribution in [3.63, 3.8) is 0 Å². The molecular formula is C14H14N6O6. The summed E-state index contributed by atoms with van der Waals surface area (Å²) in [6.45, 7) is 2.99. The number of hydrogen-bond donors (Lipinski definition) is 1. The predicted octanol–water partition coefficient (Wildman–Crippen LogP) is 1.43. The number of nitro groups is 2. The van der Waals surface area contributed by atoms with Crippen LogP contribution in [-0.2, 0) is 9.63 Å². The van der Waals surface area contributed by atoms with Gasteiger partial charge in [0.1, 0.15) is 0 Å². The zero-order chi connectivity index (χ0) is 19.4. The molecule has 26 heavy (non-hydrogen) atoms. The van der Waals surface area contributed by atoms with E-state index in [1.165, 1.54) is 37.3 Å². The number of amidine groups is 1. The van der Waals surface area contributed by atoms with Crippen molar-refractivity contribution in [3.8, 4) is 0 Å². The van der Waals surface area contributed by atoms with Crippen molar-refractivity contribution in [3.05, 3.63) is 61.8 Å². The van der Waals surface area contributed by atoms with E-state index in [-0.39, 0.29) is 11.5 Å². The molecule has 1 aromatic carbocycles. The highest BCUT2D eigenvalue weighted by molar-refractivity contribution is 5.97. The van der Waals surface area contributed by atoms with E-state index in [4.69, 9.17) is 10.6 Å². The van der Waals surface area contributed by atoms with Crippen molar-refractivity contribution in [2.75, 3.05) is 0 Å². The molecule has 0 aliphatic carbocycles. The Hall–Kier alpha value is -3.83. The van der Waals surface area contributed by atoms with Gasteiger partial charge < -0.3 is 20.7 Å². The van der Waals surface area contributed by atoms with E-state index in [1.807, 2.05) is 0 Å². The molecule has 0 amide bonds. The van der Waals surface area contributed by atoms with Gasteiger partial charge in [-0.15, -0.1) is 0 Å². The van der Waals surface area contributed by atoms with Crippen LogP contribution in [0, 0.1) is 27.2 Å². The second kappa shape index (κ2) is 7.38. The van der Waals surface area contributed by atoms with Crippen LogP contribution in [-0.4, -0.2) is 31.4 Å². The molecule has 1 aromatic heterocycles. The Labute approximate surface area is 146 Å². The lowest BCUT2D eigenvalue weighted by atomic mass is 10.2. The second-order valence-electron chi connectivity index (χ2n) is 5.21. The number of nitrogens with zero attached hydrogens (tertiary/aromatic N) is 5. The number of nitro benzene ring substituents is 1. The largest absolute Gasteiger partial charge is 0.390 e. The Morgan fingerprint density at radius 2 is 1.88 bits per heavy atom. The molecule has 12 nitrogen and oxygen atoms in total. The van der Waals surface area contributed by atoms with Crippen LogP contribution in [0.1, 0.15) is 24.2 Å². The maximum Gasteiger partial charge on any atom is 0.390 e. The number of aryl methyl sites for hydroxylation is 1. The maximum atomic E-state index is 12.0. The smallest absolute Gasteiger partial charge is 0.380 e. The van der Waals surface area contributed by atoms with Gasteiger partial charge in [-0.25, -0.2) is 4.79 Å². The van der Waals surface area contributed by atoms with Crippen LogP contribution < -0.4 is 5.73 Å². The zero-order valence-electron chi connectivity index (χ0n) is 13.7. The second-order valence-corrected chi connectivity index (χ2v) is 5.21. The summed E-state index contributed by atoms with van der Waals surface area (Å²) >= 11 is 0. The average Bonchev–Trinajstić information content (AvgIpc) is 3.00. The number of oxime groups is 1. The van der Waals surface area contributed by atoms with E-state index >= 15 is 0 Å². The van der Waals surface area contributed by atoms with Crippen LogP contribution in [0.2, 0.25) is 0 Å². The SMILES string of the molecule is Cc1cc([N+](=O)[O-])nn1C(C)C(=O)O/N=C(\N)c1ccc([N+](=O)[O-])cc1. The Morgan fingerprint density at radius 1 is 1.27 bits per heavy atom. The van der Waals surface area contributed by atoms with Crippen LogP contribution >= 0.6 is 0 Å². The van der Waals surface area contributed by atoms with Gasteiger partial charge in [0.15, 0.2) is 11.9 Å². The van der Waals surface area contributed by atoms with Crippen molar-refractivity contribution in [1.82, 2.24) is 9.78 Å². The summed E-state index contributed by atoms with van der Waals surface area (Å²) < 4.78 is 1.14. The highest BCUT2D eigenvalue weighted by Crippen LogP contribution is 2.17. The van der Waals surface area contributed by atoms with Gasteiger partial charge in [0.05, 0.1) is 21.8 Å². The van der Waals surface area contributed by atoms with E-state index < -0.39 is 27.7 Å². The van der Waals surface area contributed by atoms with Crippen molar-refractivity contribution < 1.29 is 19.5 Å². The maximum absolute atomic E-state index is 12.0. The molecule has 0 aliphatic rings. The lowest BCUT2D eigenvalue weighted by Crippen LogP contribution is -2.22. The third kappa shape index (κ3) is 3.98. The molecule has 1 heterocycles. The summed E-state index contributed by atoms with van der Waals surface area (Å²) in [5.74, 6) is -1.39. The number of carbonyl (C=O) groups is 1. The van der Waals surface area contributed by atoms with E-state index in [1.54, 1.807) is 6.92 Å². The van der Waals surface area contributed by atoms with Crippen LogP contribution in [0.4, 0.5) is 11.5 Å². The first kappa shape index (κ1) is 18.5. The molecule has 1 atom stereocenters. The van der Waals surface area contributed by atoms with Gasteiger partial charge in [-0.1, -0.05) is 5.16 Å². The molecule has 0 saturated heterocycles. The van der Waals surface area contributed by atoms with E-state index in [9.17, 15) is 25.0 Å². The Morgan fingerprint density at radius 3 is 2.38 bits per heavy atom. The highest BCUT2D eigenvalue weighted by atomic mass is 16.7. The molecule has 2 N–H and O–H groups in total. The molecular weight excluding hydrogens is 348 g/mol. The summed E-state index contributed by atoms with van der Waals surface area (Å²) in [6.07, 6.45) is 0. The summed E-state index contributed by atoms with van der Waals surface area (Å²) in [6, 6.07) is 5.42. The lowest BCUT2D eigenvalue weighted by Gasteiger charge is -2.07. The Balaban J connectivity index is 2.09. The molecule has 136 valence electrons. The number of benzene rings is 1. The number of hydrogen-bond acceptors (Lipinski definition) is 8. The summed E-state index contributed by atoms with van der Waals surface area (Å²) in [5, 5.41) is 28.5. The van der Waals surface area contributed by atoms with Gasteiger partial charge in [0.2, 0.25) is 0 Å². The molecule has 2 aromatic rings. The number of nitrogens with two attached hydrogens (primary N) is 1. The molecule has 0 spiro atoms. The fourth-order valence-corrected chi connectivity index (χ4v) is 2.03. The number of non-ortho nitro benzene ring substituents is 1. The van der Waals surface area contributed by atoms with Crippen LogP contribution in [0.25, 0.3) is 0 Å². The van der Waals surface area contributed by atoms with Gasteiger partial charge in [-0.2, -0.15) is 4.68 Å². The first-order valence-corrected chi connectivity index (χ1v) is 7.20. The summed E-state index contributed by atoms with van der Waals surface area (Å²) in [5.41, 5.74) is 6.27. The topological polar surface area (TPSA) is 169 Å². The van der Waals surface area contributed by atoms with E-state index in [2.05, 4.69) is 10.3 Å². The van der Waals surface area contributed by atoms with Gasteiger partial charge in [-0.3, -0.25) is 10.1 Å². The highest BCUT2D eigenvalue weighted by Gasteiger charge is 2.26. The third-order valence-corrected chi connectivity index (χ3v) is 3.41. The Kier molecular flexibility index (Phi) is 5.25. The van der Waals surface area contributed by atoms with Gasteiger partial charge in [0, 0.05) is 17.7 Å². The minimum Gasteiger partial charge on any atom is -0.380 e. The van der Waals surface area contributed by atoms with Crippen LogP contribution in [0.5, 0.6) is 0 Å². The first-order valence-electron chi connectivity index (χ1n) is 7.20. The molecule has 2 rings (SSSR count). The van der Waals surface area contributed by atoms with Gasteiger partial charge >= 0.3 is 11.8 Å². The fourth-order valence-electron chi connectivity index (χ4n) is 2.03. The van der Waals surface area contributed by atoms with Crippen LogP contribution in [0.15, 0.2) is 35.5 Å². The van der Waals surface area contributed by atoms with Crippen LogP contribution in [0.3, 0.4) is 0 Å². The molecule has 0 saturated carbocycles. The van der Waals surface area contributed by atoms with Crippen molar-refractivity contribution in [2.45, 2.75) is 19.9 Å². The third-order valence-electron chi connectivity index (χ3n) is 3.41. The standard InChI is InChI=1S/C14H14N6O6/c1-8-7-12(20(24)25)16-18(8)9(2)14(21)26-17-13(15)10-3-5-11(6-4-10)19(22)23/h3-7,9H,1-2H3,(H2,15,17). The van der Waals surface area contributed by atoms with Crippen molar-refractivity contribution in [2.24, 2.45) is 10.9 Å². The zero-order valence-corrected chi connectivity index (χ0v) is 13.7. The average molecular weight is 362 g/mol. The van der Waals surface area contributed by atoms with Crippen molar-refractivity contribution >= 4 is 23.3 Å².